The number of carbonyl (C=O) groups excluding carboxylic acids is 1. The Hall–Kier alpha value is -2.76. The highest BCUT2D eigenvalue weighted by Crippen LogP contribution is 2.23. The third-order valence-electron chi connectivity index (χ3n) is 2.45. The number of aldehydes is 1. The van der Waals surface area contributed by atoms with Crippen LogP contribution in [-0.4, -0.2) is 16.2 Å². The molecule has 0 radical (unpaired) electrons. The molecule has 96 valence electrons. The lowest BCUT2D eigenvalue weighted by Crippen LogP contribution is -1.99. The van der Waals surface area contributed by atoms with Crippen molar-refractivity contribution >= 4 is 12.0 Å². The van der Waals surface area contributed by atoms with E-state index in [0.717, 1.165) is 5.56 Å². The van der Waals surface area contributed by atoms with Crippen molar-refractivity contribution in [2.75, 3.05) is 0 Å². The van der Waals surface area contributed by atoms with Crippen LogP contribution >= 0.6 is 0 Å². The average Bonchev–Trinajstić information content (AvgIpc) is 2.45. The lowest BCUT2D eigenvalue weighted by molar-refractivity contribution is -0.384. The van der Waals surface area contributed by atoms with Crippen molar-refractivity contribution in [2.45, 2.75) is 6.61 Å². The minimum absolute atomic E-state index is 0.143. The molecule has 1 aromatic carbocycles. The van der Waals surface area contributed by atoms with Crippen LogP contribution in [0.5, 0.6) is 5.75 Å². The van der Waals surface area contributed by atoms with E-state index < -0.39 is 4.92 Å². The van der Waals surface area contributed by atoms with Gasteiger partial charge in [0.05, 0.1) is 10.5 Å². The van der Waals surface area contributed by atoms with E-state index in [-0.39, 0.29) is 17.9 Å². The van der Waals surface area contributed by atoms with E-state index in [1.54, 1.807) is 18.5 Å². The van der Waals surface area contributed by atoms with Crippen molar-refractivity contribution in [3.63, 3.8) is 0 Å². The van der Waals surface area contributed by atoms with Crippen LogP contribution in [0.15, 0.2) is 42.7 Å². The topological polar surface area (TPSA) is 82.3 Å². The maximum Gasteiger partial charge on any atom is 0.270 e. The van der Waals surface area contributed by atoms with Crippen LogP contribution in [0.3, 0.4) is 0 Å². The minimum atomic E-state index is -0.558. The van der Waals surface area contributed by atoms with E-state index in [4.69, 9.17) is 4.74 Å². The fraction of sp³-hybridized carbons (Fsp3) is 0.0769. The minimum Gasteiger partial charge on any atom is -0.488 e. The van der Waals surface area contributed by atoms with E-state index in [2.05, 4.69) is 4.98 Å². The predicted molar refractivity (Wildman–Crippen MR) is 67.1 cm³/mol. The van der Waals surface area contributed by atoms with E-state index in [0.29, 0.717) is 12.0 Å². The zero-order valence-electron chi connectivity index (χ0n) is 9.85. The number of hydrogen-bond donors (Lipinski definition) is 0. The molecule has 0 saturated carbocycles. The van der Waals surface area contributed by atoms with Crippen LogP contribution in [0, 0.1) is 10.1 Å². The summed E-state index contributed by atoms with van der Waals surface area (Å²) in [5.74, 6) is 0.310. The molecule has 6 nitrogen and oxygen atoms in total. The van der Waals surface area contributed by atoms with Crippen LogP contribution in [-0.2, 0) is 6.61 Å². The molecule has 6 heteroatoms. The van der Waals surface area contributed by atoms with E-state index in [9.17, 15) is 14.9 Å². The van der Waals surface area contributed by atoms with Crippen LogP contribution in [0.2, 0.25) is 0 Å². The molecule has 0 atom stereocenters. The van der Waals surface area contributed by atoms with Crippen LogP contribution < -0.4 is 4.74 Å². The number of hydrogen-bond acceptors (Lipinski definition) is 5. The molecule has 19 heavy (non-hydrogen) atoms. The summed E-state index contributed by atoms with van der Waals surface area (Å²) in [5.41, 5.74) is 0.853. The fourth-order valence-corrected chi connectivity index (χ4v) is 1.52. The first kappa shape index (κ1) is 12.7. The Morgan fingerprint density at radius 3 is 2.84 bits per heavy atom. The largest absolute Gasteiger partial charge is 0.488 e. The molecule has 0 amide bonds. The van der Waals surface area contributed by atoms with Crippen molar-refractivity contribution < 1.29 is 14.5 Å². The monoisotopic (exact) mass is 258 g/mol. The summed E-state index contributed by atoms with van der Waals surface area (Å²) in [7, 11) is 0. The maximum absolute atomic E-state index is 10.9. The summed E-state index contributed by atoms with van der Waals surface area (Å²) in [4.78, 5) is 24.9. The molecule has 2 rings (SSSR count). The number of pyridine rings is 1. The van der Waals surface area contributed by atoms with Gasteiger partial charge in [0.15, 0.2) is 6.29 Å². The first-order valence-electron chi connectivity index (χ1n) is 5.46. The summed E-state index contributed by atoms with van der Waals surface area (Å²) < 4.78 is 5.45. The molecule has 0 spiro atoms. The summed E-state index contributed by atoms with van der Waals surface area (Å²) in [6.07, 6.45) is 3.82. The molecule has 0 aliphatic heterocycles. The second-order valence-corrected chi connectivity index (χ2v) is 3.75. The highest BCUT2D eigenvalue weighted by molar-refractivity contribution is 5.80. The Labute approximate surface area is 108 Å². The highest BCUT2D eigenvalue weighted by atomic mass is 16.6. The average molecular weight is 258 g/mol. The van der Waals surface area contributed by atoms with Gasteiger partial charge in [0.1, 0.15) is 12.4 Å². The third-order valence-corrected chi connectivity index (χ3v) is 2.45. The Morgan fingerprint density at radius 1 is 1.37 bits per heavy atom. The zero-order chi connectivity index (χ0) is 13.7. The van der Waals surface area contributed by atoms with Gasteiger partial charge in [-0.25, -0.2) is 0 Å². The molecule has 1 heterocycles. The fourth-order valence-electron chi connectivity index (χ4n) is 1.52. The second kappa shape index (κ2) is 5.72. The number of carbonyl (C=O) groups is 1. The summed E-state index contributed by atoms with van der Waals surface area (Å²) in [6, 6.07) is 7.50. The van der Waals surface area contributed by atoms with Crippen LogP contribution in [0.1, 0.15) is 15.9 Å². The zero-order valence-corrected chi connectivity index (χ0v) is 9.85. The van der Waals surface area contributed by atoms with E-state index >= 15 is 0 Å². The number of aromatic nitrogens is 1. The normalized spacial score (nSPS) is 9.89. The van der Waals surface area contributed by atoms with Crippen molar-refractivity contribution in [1.29, 1.82) is 0 Å². The van der Waals surface area contributed by atoms with E-state index in [1.807, 2.05) is 6.07 Å². The highest BCUT2D eigenvalue weighted by Gasteiger charge is 2.11. The lowest BCUT2D eigenvalue weighted by atomic mass is 10.2. The molecule has 0 fully saturated rings. The Kier molecular flexibility index (Phi) is 3.82. The number of nitrogens with zero attached hydrogens (tertiary/aromatic N) is 2. The van der Waals surface area contributed by atoms with Gasteiger partial charge < -0.3 is 4.74 Å². The Balaban J connectivity index is 2.16. The van der Waals surface area contributed by atoms with Gasteiger partial charge in [0.25, 0.3) is 5.69 Å². The summed E-state index contributed by atoms with van der Waals surface area (Å²) in [6.45, 7) is 0.243. The van der Waals surface area contributed by atoms with Gasteiger partial charge in [0, 0.05) is 30.1 Å². The summed E-state index contributed by atoms with van der Waals surface area (Å²) in [5, 5.41) is 10.6. The number of nitro groups is 1. The van der Waals surface area contributed by atoms with Gasteiger partial charge in [0.2, 0.25) is 0 Å². The van der Waals surface area contributed by atoms with Gasteiger partial charge >= 0.3 is 0 Å². The van der Waals surface area contributed by atoms with Crippen molar-refractivity contribution in [3.8, 4) is 5.75 Å². The molecule has 0 unspecified atom stereocenters. The molecular weight excluding hydrogens is 248 g/mol. The van der Waals surface area contributed by atoms with Gasteiger partial charge in [-0.2, -0.15) is 0 Å². The molecular formula is C13H10N2O4. The third kappa shape index (κ3) is 3.12. The SMILES string of the molecule is O=Cc1cc([N+](=O)[O-])ccc1OCc1cccnc1. The van der Waals surface area contributed by atoms with E-state index in [1.165, 1.54) is 18.2 Å². The maximum atomic E-state index is 10.9. The molecule has 0 bridgehead atoms. The molecule has 2 aromatic rings. The molecule has 1 aromatic heterocycles. The second-order valence-electron chi connectivity index (χ2n) is 3.75. The lowest BCUT2D eigenvalue weighted by Gasteiger charge is -2.07. The van der Waals surface area contributed by atoms with Crippen molar-refractivity contribution in [2.24, 2.45) is 0 Å². The van der Waals surface area contributed by atoms with Gasteiger partial charge in [-0.15, -0.1) is 0 Å². The molecule has 0 aliphatic carbocycles. The van der Waals surface area contributed by atoms with Crippen molar-refractivity contribution in [1.82, 2.24) is 4.98 Å². The number of benzene rings is 1. The molecule has 0 N–H and O–H groups in total. The smallest absolute Gasteiger partial charge is 0.270 e. The quantitative estimate of drug-likeness (QED) is 0.467. The molecule has 0 saturated heterocycles. The molecule has 0 aliphatic rings. The first-order valence-corrected chi connectivity index (χ1v) is 5.46. The Bertz CT molecular complexity index is 599. The van der Waals surface area contributed by atoms with Crippen molar-refractivity contribution in [3.05, 3.63) is 64.0 Å². The Morgan fingerprint density at radius 2 is 2.21 bits per heavy atom. The number of non-ortho nitro benzene ring substituents is 1. The number of rotatable bonds is 5. The summed E-state index contributed by atoms with van der Waals surface area (Å²) >= 11 is 0. The number of nitro benzene ring substituents is 1. The predicted octanol–water partition coefficient (Wildman–Crippen LogP) is 2.38. The van der Waals surface area contributed by atoms with Gasteiger partial charge in [-0.3, -0.25) is 19.9 Å². The van der Waals surface area contributed by atoms with Gasteiger partial charge in [-0.05, 0) is 12.1 Å². The van der Waals surface area contributed by atoms with Crippen LogP contribution in [0.4, 0.5) is 5.69 Å². The van der Waals surface area contributed by atoms with Crippen LogP contribution in [0.25, 0.3) is 0 Å². The van der Waals surface area contributed by atoms with Gasteiger partial charge in [-0.1, -0.05) is 6.07 Å². The number of ether oxygens (including phenoxy) is 1. The standard InChI is InChI=1S/C13H10N2O4/c16-8-11-6-12(15(17)18)3-4-13(11)19-9-10-2-1-5-14-7-10/h1-8H,9H2. The first-order chi connectivity index (χ1) is 9.20.